The number of likely N-dealkylation sites (tertiary alicyclic amines) is 1. The van der Waals surface area contributed by atoms with E-state index in [0.29, 0.717) is 12.1 Å². The molecule has 0 spiro atoms. The molecule has 1 saturated carbocycles. The molecule has 0 bridgehead atoms. The molecular formula is C22H25ClN4O4. The van der Waals surface area contributed by atoms with Crippen LogP contribution in [0, 0.1) is 5.92 Å². The first-order valence-corrected chi connectivity index (χ1v) is 11.4. The fourth-order valence-corrected chi connectivity index (χ4v) is 5.57. The number of nitrogens with one attached hydrogen (secondary N) is 1. The molecule has 0 aromatic heterocycles. The van der Waals surface area contributed by atoms with E-state index in [-0.39, 0.29) is 36.7 Å². The Hall–Kier alpha value is -2.32. The number of hydrogen-bond acceptors (Lipinski definition) is 6. The van der Waals surface area contributed by atoms with Gasteiger partial charge in [0, 0.05) is 17.7 Å². The van der Waals surface area contributed by atoms with Crippen molar-refractivity contribution < 1.29 is 19.1 Å². The van der Waals surface area contributed by atoms with E-state index < -0.39 is 23.6 Å². The molecule has 3 heterocycles. The smallest absolute Gasteiger partial charge is 0.251 e. The number of nitrogens with zero attached hydrogens (tertiary/aromatic N) is 3. The largest absolute Gasteiger partial charge is 0.366 e. The fourth-order valence-electron chi connectivity index (χ4n) is 5.21. The molecular weight excluding hydrogens is 420 g/mol. The number of Topliss-reactive ketones (excluding diaryl/α,β-unsaturated/α-hetero) is 1. The molecule has 164 valence electrons. The van der Waals surface area contributed by atoms with Crippen LogP contribution < -0.4 is 5.32 Å². The van der Waals surface area contributed by atoms with Crippen molar-refractivity contribution in [3.05, 3.63) is 29.3 Å². The van der Waals surface area contributed by atoms with Gasteiger partial charge in [-0.2, -0.15) is 10.2 Å². The number of hydrogen-bond donors (Lipinski definition) is 1. The third-order valence-electron chi connectivity index (χ3n) is 6.84. The summed E-state index contributed by atoms with van der Waals surface area (Å²) >= 11 is 6.39. The van der Waals surface area contributed by atoms with Crippen molar-refractivity contribution in [2.45, 2.75) is 62.2 Å². The molecule has 3 aliphatic heterocycles. The second-order valence-corrected chi connectivity index (χ2v) is 9.35. The highest BCUT2D eigenvalue weighted by Crippen LogP contribution is 2.34. The predicted octanol–water partition coefficient (Wildman–Crippen LogP) is 2.75. The fraction of sp³-hybridized carbons (Fsp3) is 0.591. The molecule has 2 amide bonds. The van der Waals surface area contributed by atoms with Crippen LogP contribution in [0.1, 0.15) is 48.0 Å². The molecule has 8 nitrogen and oxygen atoms in total. The Bertz CT molecular complexity index is 945. The van der Waals surface area contributed by atoms with E-state index in [1.54, 1.807) is 18.2 Å². The Balaban J connectivity index is 1.38. The first-order chi connectivity index (χ1) is 15.0. The zero-order chi connectivity index (χ0) is 21.5. The van der Waals surface area contributed by atoms with Crippen molar-refractivity contribution in [1.29, 1.82) is 0 Å². The van der Waals surface area contributed by atoms with Crippen LogP contribution in [0.15, 0.2) is 28.4 Å². The van der Waals surface area contributed by atoms with Crippen molar-refractivity contribution in [2.75, 3.05) is 13.2 Å². The summed E-state index contributed by atoms with van der Waals surface area (Å²) in [6.07, 6.45) is 4.46. The highest BCUT2D eigenvalue weighted by Gasteiger charge is 2.53. The molecule has 31 heavy (non-hydrogen) atoms. The van der Waals surface area contributed by atoms with Crippen LogP contribution in [0.2, 0.25) is 0 Å². The monoisotopic (exact) mass is 444 g/mol. The van der Waals surface area contributed by atoms with Gasteiger partial charge in [0.25, 0.3) is 5.91 Å². The van der Waals surface area contributed by atoms with E-state index in [2.05, 4.69) is 15.5 Å². The lowest BCUT2D eigenvalue weighted by Crippen LogP contribution is -2.55. The number of halogens is 1. The van der Waals surface area contributed by atoms with Gasteiger partial charge in [-0.25, -0.2) is 0 Å². The molecule has 9 heteroatoms. The zero-order valence-electron chi connectivity index (χ0n) is 17.1. The number of amides is 2. The van der Waals surface area contributed by atoms with Gasteiger partial charge in [-0.05, 0) is 37.0 Å². The topological polar surface area (TPSA) is 100 Å². The third-order valence-corrected chi connectivity index (χ3v) is 7.23. The minimum Gasteiger partial charge on any atom is -0.366 e. The molecule has 1 aromatic rings. The van der Waals surface area contributed by atoms with Gasteiger partial charge >= 0.3 is 0 Å². The maximum atomic E-state index is 13.6. The lowest BCUT2D eigenvalue weighted by Gasteiger charge is -2.34. The van der Waals surface area contributed by atoms with Crippen LogP contribution in [-0.4, -0.2) is 59.2 Å². The maximum Gasteiger partial charge on any atom is 0.251 e. The standard InChI is InChI=1S/C22H25ClN4O4/c23-15-10-27(19-17(28)11-31-20(15)19)22(30)18(12-4-2-1-3-5-12)25-21(29)13-6-7-16-14(8-13)9-24-26-16/h6-8,12,15,18-20H,1-5,9-11H2,(H,25,29)/t15-,18-,19+,20+/m0/s1. The Morgan fingerprint density at radius 1 is 1.23 bits per heavy atom. The van der Waals surface area contributed by atoms with E-state index in [0.717, 1.165) is 43.4 Å². The molecule has 4 aliphatic rings. The minimum absolute atomic E-state index is 0.0198. The second-order valence-electron chi connectivity index (χ2n) is 8.79. The van der Waals surface area contributed by atoms with Crippen LogP contribution >= 0.6 is 11.6 Å². The number of carbonyl (C=O) groups excluding carboxylic acids is 3. The lowest BCUT2D eigenvalue weighted by molar-refractivity contribution is -0.139. The average molecular weight is 445 g/mol. The van der Waals surface area contributed by atoms with Gasteiger partial charge in [0.05, 0.1) is 17.6 Å². The van der Waals surface area contributed by atoms with Crippen LogP contribution in [0.25, 0.3) is 0 Å². The summed E-state index contributed by atoms with van der Waals surface area (Å²) in [5, 5.41) is 10.6. The first-order valence-electron chi connectivity index (χ1n) is 10.9. The van der Waals surface area contributed by atoms with E-state index in [1.807, 2.05) is 0 Å². The minimum atomic E-state index is -0.688. The van der Waals surface area contributed by atoms with Crippen LogP contribution in [0.4, 0.5) is 5.69 Å². The quantitative estimate of drug-likeness (QED) is 0.721. The van der Waals surface area contributed by atoms with Crippen molar-refractivity contribution in [3.8, 4) is 0 Å². The van der Waals surface area contributed by atoms with Gasteiger partial charge in [0.15, 0.2) is 5.78 Å². The Labute approximate surface area is 185 Å². The van der Waals surface area contributed by atoms with E-state index in [9.17, 15) is 14.4 Å². The first kappa shape index (κ1) is 20.6. The summed E-state index contributed by atoms with van der Waals surface area (Å²) in [7, 11) is 0. The number of carbonyl (C=O) groups is 3. The summed E-state index contributed by atoms with van der Waals surface area (Å²) < 4.78 is 5.52. The number of rotatable bonds is 4. The van der Waals surface area contributed by atoms with Crippen molar-refractivity contribution in [2.24, 2.45) is 16.1 Å². The number of azo groups is 1. The van der Waals surface area contributed by atoms with Crippen molar-refractivity contribution in [1.82, 2.24) is 10.2 Å². The summed E-state index contributed by atoms with van der Waals surface area (Å²) in [4.78, 5) is 40.7. The second kappa shape index (κ2) is 8.31. The van der Waals surface area contributed by atoms with Crippen LogP contribution in [0.3, 0.4) is 0 Å². The Morgan fingerprint density at radius 2 is 2.03 bits per heavy atom. The Kier molecular flexibility index (Phi) is 5.52. The van der Waals surface area contributed by atoms with Crippen molar-refractivity contribution >= 4 is 34.9 Å². The molecule has 2 saturated heterocycles. The van der Waals surface area contributed by atoms with E-state index >= 15 is 0 Å². The average Bonchev–Trinajstić information content (AvgIpc) is 3.49. The normalized spacial score (nSPS) is 28.5. The van der Waals surface area contributed by atoms with Gasteiger partial charge in [-0.1, -0.05) is 19.3 Å². The third kappa shape index (κ3) is 3.76. The van der Waals surface area contributed by atoms with Gasteiger partial charge < -0.3 is 15.0 Å². The summed E-state index contributed by atoms with van der Waals surface area (Å²) in [6.45, 7) is 0.688. The van der Waals surface area contributed by atoms with Gasteiger partial charge in [0.2, 0.25) is 5.91 Å². The number of alkyl halides is 1. The molecule has 0 radical (unpaired) electrons. The molecule has 5 rings (SSSR count). The van der Waals surface area contributed by atoms with Crippen LogP contribution in [0.5, 0.6) is 0 Å². The molecule has 1 N–H and O–H groups in total. The molecule has 4 atom stereocenters. The highest BCUT2D eigenvalue weighted by molar-refractivity contribution is 6.22. The van der Waals surface area contributed by atoms with Crippen molar-refractivity contribution in [3.63, 3.8) is 0 Å². The number of fused-ring (bicyclic) bond motifs is 2. The number of ketones is 1. The number of ether oxygens (including phenoxy) is 1. The SMILES string of the molecule is O=C(N[C@H](C(=O)N1C[C@H](Cl)[C@H]2OCC(=O)[C@H]21)C1CCCCC1)c1ccc2c(c1)CN=N2. The van der Waals surface area contributed by atoms with Gasteiger partial charge in [-0.15, -0.1) is 11.6 Å². The van der Waals surface area contributed by atoms with E-state index in [1.165, 1.54) is 4.90 Å². The molecule has 0 unspecified atom stereocenters. The zero-order valence-corrected chi connectivity index (χ0v) is 17.9. The lowest BCUT2D eigenvalue weighted by atomic mass is 9.83. The molecule has 1 aromatic carbocycles. The van der Waals surface area contributed by atoms with Gasteiger partial charge in [0.1, 0.15) is 24.8 Å². The molecule has 3 fully saturated rings. The predicted molar refractivity (Wildman–Crippen MR) is 112 cm³/mol. The highest BCUT2D eigenvalue weighted by atomic mass is 35.5. The Morgan fingerprint density at radius 3 is 2.84 bits per heavy atom. The van der Waals surface area contributed by atoms with Gasteiger partial charge in [-0.3, -0.25) is 14.4 Å². The number of benzene rings is 1. The summed E-state index contributed by atoms with van der Waals surface area (Å²) in [5.74, 6) is -0.620. The summed E-state index contributed by atoms with van der Waals surface area (Å²) in [6, 6.07) is 3.92. The maximum absolute atomic E-state index is 13.6. The van der Waals surface area contributed by atoms with E-state index in [4.69, 9.17) is 16.3 Å². The van der Waals surface area contributed by atoms with Crippen LogP contribution in [-0.2, 0) is 20.9 Å². The summed E-state index contributed by atoms with van der Waals surface area (Å²) in [5.41, 5.74) is 2.15. The molecule has 1 aliphatic carbocycles.